The summed E-state index contributed by atoms with van der Waals surface area (Å²) in [6, 6.07) is 3.41. The Morgan fingerprint density at radius 3 is 3.07 bits per heavy atom. The lowest BCUT2D eigenvalue weighted by molar-refractivity contribution is 0.0600. The number of halogens is 1. The summed E-state index contributed by atoms with van der Waals surface area (Å²) in [4.78, 5) is 15.1. The third-order valence-corrected chi connectivity index (χ3v) is 2.15. The van der Waals surface area contributed by atoms with E-state index in [0.29, 0.717) is 15.9 Å². The van der Waals surface area contributed by atoms with E-state index in [1.807, 2.05) is 0 Å². The zero-order valence-electron chi connectivity index (χ0n) is 7.28. The van der Waals surface area contributed by atoms with Gasteiger partial charge >= 0.3 is 5.97 Å². The first-order valence-electron chi connectivity index (χ1n) is 3.84. The van der Waals surface area contributed by atoms with Crippen LogP contribution in [0.5, 0.6) is 0 Å². The highest BCUT2D eigenvalue weighted by Gasteiger charge is 2.09. The molecule has 0 aliphatic rings. The Morgan fingerprint density at radius 1 is 1.57 bits per heavy atom. The van der Waals surface area contributed by atoms with Crippen molar-refractivity contribution in [3.05, 3.63) is 28.6 Å². The lowest BCUT2D eigenvalue weighted by atomic mass is 10.2. The topological polar surface area (TPSA) is 52.3 Å². The molecule has 0 fully saturated rings. The lowest BCUT2D eigenvalue weighted by Crippen LogP contribution is -2.00. The van der Waals surface area contributed by atoms with E-state index in [-0.39, 0.29) is 0 Å². The summed E-state index contributed by atoms with van der Waals surface area (Å²) >= 11 is 3.18. The maximum Gasteiger partial charge on any atom is 0.339 e. The smallest absolute Gasteiger partial charge is 0.339 e. The molecule has 2 aromatic heterocycles. The monoisotopic (exact) mass is 255 g/mol. The zero-order chi connectivity index (χ0) is 10.1. The van der Waals surface area contributed by atoms with E-state index in [1.165, 1.54) is 13.3 Å². The quantitative estimate of drug-likeness (QED) is 0.735. The summed E-state index contributed by atoms with van der Waals surface area (Å²) in [6.45, 7) is 0. The minimum absolute atomic E-state index is 0.406. The number of rotatable bonds is 1. The second-order valence-corrected chi connectivity index (χ2v) is 3.44. The number of ether oxygens (including phenoxy) is 1. The molecule has 2 heterocycles. The molecule has 14 heavy (non-hydrogen) atoms. The second kappa shape index (κ2) is 3.42. The summed E-state index contributed by atoms with van der Waals surface area (Å²) in [6.07, 6.45) is 1.42. The molecule has 72 valence electrons. The van der Waals surface area contributed by atoms with Gasteiger partial charge in [0.2, 0.25) is 5.71 Å². The van der Waals surface area contributed by atoms with Gasteiger partial charge in [0.25, 0.3) is 0 Å². The van der Waals surface area contributed by atoms with E-state index in [4.69, 9.17) is 4.42 Å². The molecule has 0 saturated heterocycles. The molecule has 0 amide bonds. The van der Waals surface area contributed by atoms with Gasteiger partial charge in [-0.1, -0.05) is 0 Å². The molecule has 0 aliphatic heterocycles. The number of hydrogen-bond donors (Lipinski definition) is 0. The number of carbonyl (C=O) groups is 1. The van der Waals surface area contributed by atoms with E-state index in [2.05, 4.69) is 25.7 Å². The van der Waals surface area contributed by atoms with Crippen molar-refractivity contribution < 1.29 is 13.9 Å². The first-order valence-corrected chi connectivity index (χ1v) is 4.63. The first kappa shape index (κ1) is 9.21. The van der Waals surface area contributed by atoms with E-state index < -0.39 is 5.97 Å². The minimum Gasteiger partial charge on any atom is -0.465 e. The molecule has 5 heteroatoms. The number of furan rings is 1. The summed E-state index contributed by atoms with van der Waals surface area (Å²) in [5.41, 5.74) is 0.901. The predicted molar refractivity (Wildman–Crippen MR) is 53.0 cm³/mol. The second-order valence-electron chi connectivity index (χ2n) is 2.66. The number of hydrogen-bond acceptors (Lipinski definition) is 4. The van der Waals surface area contributed by atoms with E-state index in [1.54, 1.807) is 12.1 Å². The van der Waals surface area contributed by atoms with Crippen LogP contribution in [0.2, 0.25) is 0 Å². The van der Waals surface area contributed by atoms with Crippen LogP contribution in [0.25, 0.3) is 11.1 Å². The molecule has 0 spiro atoms. The van der Waals surface area contributed by atoms with Gasteiger partial charge in [-0.15, -0.1) is 0 Å². The first-order chi connectivity index (χ1) is 6.70. The Morgan fingerprint density at radius 2 is 2.36 bits per heavy atom. The molecule has 0 radical (unpaired) electrons. The van der Waals surface area contributed by atoms with Crippen molar-refractivity contribution in [3.63, 3.8) is 0 Å². The number of nitrogens with zero attached hydrogens (tertiary/aromatic N) is 1. The number of pyridine rings is 1. The van der Waals surface area contributed by atoms with Crippen molar-refractivity contribution in [2.24, 2.45) is 0 Å². The SMILES string of the molecule is COC(=O)c1cnc2oc(Br)cc2c1. The summed E-state index contributed by atoms with van der Waals surface area (Å²) in [5, 5.41) is 0.764. The van der Waals surface area contributed by atoms with Crippen molar-refractivity contribution in [1.29, 1.82) is 0 Å². The van der Waals surface area contributed by atoms with Crippen LogP contribution in [0.3, 0.4) is 0 Å². The maximum absolute atomic E-state index is 11.2. The number of carbonyl (C=O) groups excluding carboxylic acids is 1. The molecule has 0 aliphatic carbocycles. The molecule has 0 saturated carbocycles. The van der Waals surface area contributed by atoms with Crippen molar-refractivity contribution >= 4 is 33.0 Å². The summed E-state index contributed by atoms with van der Waals surface area (Å²) < 4.78 is 10.3. The van der Waals surface area contributed by atoms with Crippen LogP contribution in [-0.4, -0.2) is 18.1 Å². The fourth-order valence-corrected chi connectivity index (χ4v) is 1.53. The molecule has 2 aromatic rings. The highest BCUT2D eigenvalue weighted by Crippen LogP contribution is 2.22. The van der Waals surface area contributed by atoms with Crippen LogP contribution in [0, 0.1) is 0 Å². The van der Waals surface area contributed by atoms with Crippen molar-refractivity contribution in [3.8, 4) is 0 Å². The van der Waals surface area contributed by atoms with Gasteiger partial charge in [0.1, 0.15) is 0 Å². The van der Waals surface area contributed by atoms with Crippen LogP contribution in [0.4, 0.5) is 0 Å². The van der Waals surface area contributed by atoms with Gasteiger partial charge in [-0.05, 0) is 22.0 Å². The standard InChI is InChI=1S/C9H6BrNO3/c1-13-9(12)6-2-5-3-7(10)14-8(5)11-4-6/h2-4H,1H3. The average Bonchev–Trinajstić information content (AvgIpc) is 2.55. The minimum atomic E-state index is -0.406. The Hall–Kier alpha value is -1.36. The van der Waals surface area contributed by atoms with E-state index in [0.717, 1.165) is 5.39 Å². The molecule has 2 rings (SSSR count). The third kappa shape index (κ3) is 1.50. The lowest BCUT2D eigenvalue weighted by Gasteiger charge is -1.96. The molecule has 4 nitrogen and oxygen atoms in total. The van der Waals surface area contributed by atoms with Gasteiger partial charge in [0, 0.05) is 17.6 Å². The maximum atomic E-state index is 11.2. The van der Waals surface area contributed by atoms with Crippen LogP contribution >= 0.6 is 15.9 Å². The van der Waals surface area contributed by atoms with Gasteiger partial charge in [-0.3, -0.25) is 0 Å². The van der Waals surface area contributed by atoms with Crippen molar-refractivity contribution in [2.45, 2.75) is 0 Å². The number of esters is 1. The highest BCUT2D eigenvalue weighted by atomic mass is 79.9. The van der Waals surface area contributed by atoms with Gasteiger partial charge in [0.15, 0.2) is 4.67 Å². The highest BCUT2D eigenvalue weighted by molar-refractivity contribution is 9.10. The molecule has 0 bridgehead atoms. The molecule has 0 N–H and O–H groups in total. The van der Waals surface area contributed by atoms with Crippen LogP contribution in [-0.2, 0) is 4.74 Å². The molecule has 0 unspecified atom stereocenters. The Labute approximate surface area is 88.0 Å². The summed E-state index contributed by atoms with van der Waals surface area (Å²) in [5.74, 6) is -0.406. The molecular weight excluding hydrogens is 250 g/mol. The van der Waals surface area contributed by atoms with Crippen LogP contribution in [0.1, 0.15) is 10.4 Å². The Bertz CT molecular complexity index is 492. The van der Waals surface area contributed by atoms with E-state index >= 15 is 0 Å². The molecule has 0 atom stereocenters. The predicted octanol–water partition coefficient (Wildman–Crippen LogP) is 2.38. The molecule has 0 aromatic carbocycles. The van der Waals surface area contributed by atoms with Crippen molar-refractivity contribution in [2.75, 3.05) is 7.11 Å². The van der Waals surface area contributed by atoms with Crippen molar-refractivity contribution in [1.82, 2.24) is 4.98 Å². The summed E-state index contributed by atoms with van der Waals surface area (Å²) in [7, 11) is 1.33. The van der Waals surface area contributed by atoms with Gasteiger partial charge in [-0.2, -0.15) is 0 Å². The number of aromatic nitrogens is 1. The average molecular weight is 256 g/mol. The normalized spacial score (nSPS) is 10.4. The Kier molecular flexibility index (Phi) is 2.25. The molecular formula is C9H6BrNO3. The Balaban J connectivity index is 2.55. The largest absolute Gasteiger partial charge is 0.465 e. The number of fused-ring (bicyclic) bond motifs is 1. The van der Waals surface area contributed by atoms with Gasteiger partial charge in [0.05, 0.1) is 12.7 Å². The zero-order valence-corrected chi connectivity index (χ0v) is 8.87. The number of methoxy groups -OCH3 is 1. The van der Waals surface area contributed by atoms with Gasteiger partial charge < -0.3 is 9.15 Å². The van der Waals surface area contributed by atoms with Gasteiger partial charge in [-0.25, -0.2) is 9.78 Å². The van der Waals surface area contributed by atoms with Crippen LogP contribution < -0.4 is 0 Å². The third-order valence-electron chi connectivity index (χ3n) is 1.76. The van der Waals surface area contributed by atoms with Crippen LogP contribution in [0.15, 0.2) is 27.4 Å². The fraction of sp³-hybridized carbons (Fsp3) is 0.111. The van der Waals surface area contributed by atoms with E-state index in [9.17, 15) is 4.79 Å². The fourth-order valence-electron chi connectivity index (χ4n) is 1.13.